The third-order valence-electron chi connectivity index (χ3n) is 10.1. The number of furan rings is 1. The Morgan fingerprint density at radius 3 is 1.85 bits per heavy atom. The van der Waals surface area contributed by atoms with Crippen LogP contribution in [0.15, 0.2) is 168 Å². The molecule has 0 fully saturated rings. The number of nitrogens with zero attached hydrogens (tertiary/aromatic N) is 3. The Bertz CT molecular complexity index is 3200. The summed E-state index contributed by atoms with van der Waals surface area (Å²) >= 11 is 1.86. The highest BCUT2D eigenvalue weighted by molar-refractivity contribution is 7.26. The van der Waals surface area contributed by atoms with Gasteiger partial charge < -0.3 is 4.42 Å². The van der Waals surface area contributed by atoms with Crippen LogP contribution >= 0.6 is 11.3 Å². The van der Waals surface area contributed by atoms with Crippen molar-refractivity contribution >= 4 is 75.0 Å². The van der Waals surface area contributed by atoms with Crippen LogP contribution in [0.25, 0.3) is 109 Å². The standard InChI is InChI=1S/C47H27N3OS/c1-2-12-28(13-3-1)45-48-46(50-47(49-45)38-21-10-20-36-34-18-8-9-22-40(34)51-44(36)38)37-25-24-33(31-16-6-7-17-32(31)37)35-19-11-23-41-43(35)39-26-29-14-4-5-15-30(29)27-42(39)52-41/h1-27H. The number of thiophene rings is 1. The lowest BCUT2D eigenvalue weighted by Gasteiger charge is -2.14. The smallest absolute Gasteiger partial charge is 0.167 e. The fraction of sp³-hybridized carbons (Fsp3) is 0. The Balaban J connectivity index is 1.15. The summed E-state index contributed by atoms with van der Waals surface area (Å²) in [5.74, 6) is 1.80. The fourth-order valence-corrected chi connectivity index (χ4v) is 8.88. The van der Waals surface area contributed by atoms with Crippen molar-refractivity contribution in [3.8, 4) is 45.3 Å². The highest BCUT2D eigenvalue weighted by Crippen LogP contribution is 2.44. The molecule has 0 N–H and O–H groups in total. The van der Waals surface area contributed by atoms with E-state index in [0.717, 1.165) is 49.4 Å². The monoisotopic (exact) mass is 681 g/mol. The maximum absolute atomic E-state index is 6.45. The van der Waals surface area contributed by atoms with Crippen molar-refractivity contribution in [3.63, 3.8) is 0 Å². The predicted octanol–water partition coefficient (Wildman–Crippen LogP) is 13.1. The molecule has 3 aromatic heterocycles. The van der Waals surface area contributed by atoms with Crippen molar-refractivity contribution < 1.29 is 4.42 Å². The molecule has 8 aromatic carbocycles. The minimum Gasteiger partial charge on any atom is -0.455 e. The molecule has 11 aromatic rings. The van der Waals surface area contributed by atoms with E-state index in [1.165, 1.54) is 42.1 Å². The predicted molar refractivity (Wildman–Crippen MR) is 217 cm³/mol. The lowest BCUT2D eigenvalue weighted by Crippen LogP contribution is -2.01. The molecular weight excluding hydrogens is 655 g/mol. The molecule has 4 nitrogen and oxygen atoms in total. The number of hydrogen-bond acceptors (Lipinski definition) is 5. The maximum atomic E-state index is 6.45. The van der Waals surface area contributed by atoms with Crippen molar-refractivity contribution in [2.45, 2.75) is 0 Å². The first-order valence-electron chi connectivity index (χ1n) is 17.4. The Morgan fingerprint density at radius 2 is 1.00 bits per heavy atom. The molecule has 11 rings (SSSR count). The maximum Gasteiger partial charge on any atom is 0.167 e. The van der Waals surface area contributed by atoms with Crippen molar-refractivity contribution in [1.29, 1.82) is 0 Å². The summed E-state index contributed by atoms with van der Waals surface area (Å²) < 4.78 is 9.03. The lowest BCUT2D eigenvalue weighted by atomic mass is 9.92. The Hall–Kier alpha value is -6.69. The second-order valence-electron chi connectivity index (χ2n) is 13.1. The van der Waals surface area contributed by atoms with E-state index in [0.29, 0.717) is 17.5 Å². The molecule has 3 heterocycles. The second-order valence-corrected chi connectivity index (χ2v) is 14.2. The third kappa shape index (κ3) is 4.50. The molecule has 52 heavy (non-hydrogen) atoms. The summed E-state index contributed by atoms with van der Waals surface area (Å²) in [6.07, 6.45) is 0. The first-order chi connectivity index (χ1) is 25.8. The zero-order chi connectivity index (χ0) is 34.2. The number of aromatic nitrogens is 3. The zero-order valence-corrected chi connectivity index (χ0v) is 28.6. The number of benzene rings is 8. The normalized spacial score (nSPS) is 11.8. The van der Waals surface area contributed by atoms with Gasteiger partial charge in [0.1, 0.15) is 11.2 Å². The Kier molecular flexibility index (Phi) is 6.39. The van der Waals surface area contributed by atoms with Gasteiger partial charge in [-0.05, 0) is 69.1 Å². The van der Waals surface area contributed by atoms with Gasteiger partial charge in [-0.2, -0.15) is 0 Å². The fourth-order valence-electron chi connectivity index (χ4n) is 7.72. The van der Waals surface area contributed by atoms with Gasteiger partial charge in [-0.25, -0.2) is 15.0 Å². The summed E-state index contributed by atoms with van der Waals surface area (Å²) in [4.78, 5) is 15.4. The summed E-state index contributed by atoms with van der Waals surface area (Å²) in [5, 5.41) is 9.43. The molecule has 0 bridgehead atoms. The van der Waals surface area contributed by atoms with Gasteiger partial charge in [-0.3, -0.25) is 0 Å². The van der Waals surface area contributed by atoms with Gasteiger partial charge in [0.15, 0.2) is 17.5 Å². The highest BCUT2D eigenvalue weighted by atomic mass is 32.1. The van der Waals surface area contributed by atoms with Gasteiger partial charge >= 0.3 is 0 Å². The highest BCUT2D eigenvalue weighted by Gasteiger charge is 2.20. The molecule has 0 aliphatic carbocycles. The third-order valence-corrected chi connectivity index (χ3v) is 11.2. The van der Waals surface area contributed by atoms with E-state index in [1.807, 2.05) is 72.0 Å². The molecule has 5 heteroatoms. The summed E-state index contributed by atoms with van der Waals surface area (Å²) in [5.41, 5.74) is 6.72. The molecule has 0 aliphatic rings. The van der Waals surface area contributed by atoms with Gasteiger partial charge in [0.25, 0.3) is 0 Å². The van der Waals surface area contributed by atoms with Gasteiger partial charge in [0.2, 0.25) is 0 Å². The summed E-state index contributed by atoms with van der Waals surface area (Å²) in [6.45, 7) is 0. The molecule has 0 spiro atoms. The van der Waals surface area contributed by atoms with Crippen molar-refractivity contribution in [3.05, 3.63) is 164 Å². The number of rotatable bonds is 4. The SMILES string of the molecule is c1ccc(-c2nc(-c3ccc(-c4cccc5sc6cc7ccccc7cc6c45)c4ccccc34)nc(-c3cccc4c3oc3ccccc34)n2)cc1. The molecule has 0 atom stereocenters. The average molecular weight is 682 g/mol. The molecule has 0 aliphatic heterocycles. The first kappa shape index (κ1) is 29.1. The first-order valence-corrected chi connectivity index (χ1v) is 18.2. The van der Waals surface area contributed by atoms with E-state index < -0.39 is 0 Å². The molecule has 0 saturated heterocycles. The number of fused-ring (bicyclic) bond motifs is 8. The van der Waals surface area contributed by atoms with Crippen LogP contribution in [-0.2, 0) is 0 Å². The van der Waals surface area contributed by atoms with Gasteiger partial charge in [-0.1, -0.05) is 127 Å². The van der Waals surface area contributed by atoms with E-state index in [9.17, 15) is 0 Å². The number of para-hydroxylation sites is 2. The van der Waals surface area contributed by atoms with Crippen LogP contribution in [0.4, 0.5) is 0 Å². The van der Waals surface area contributed by atoms with Crippen LogP contribution < -0.4 is 0 Å². The lowest BCUT2D eigenvalue weighted by molar-refractivity contribution is 0.669. The van der Waals surface area contributed by atoms with Gasteiger partial charge in [0.05, 0.1) is 5.56 Å². The molecule has 0 unspecified atom stereocenters. The van der Waals surface area contributed by atoms with Crippen molar-refractivity contribution in [1.82, 2.24) is 15.0 Å². The minimum atomic E-state index is 0.573. The van der Waals surface area contributed by atoms with E-state index in [4.69, 9.17) is 19.4 Å². The van der Waals surface area contributed by atoms with Crippen LogP contribution in [0.1, 0.15) is 0 Å². The van der Waals surface area contributed by atoms with Crippen molar-refractivity contribution in [2.24, 2.45) is 0 Å². The summed E-state index contributed by atoms with van der Waals surface area (Å²) in [7, 11) is 0. The Morgan fingerprint density at radius 1 is 0.385 bits per heavy atom. The number of hydrogen-bond donors (Lipinski definition) is 0. The van der Waals surface area contributed by atoms with Crippen LogP contribution in [0.2, 0.25) is 0 Å². The van der Waals surface area contributed by atoms with Crippen LogP contribution in [0.5, 0.6) is 0 Å². The van der Waals surface area contributed by atoms with Crippen LogP contribution in [0.3, 0.4) is 0 Å². The van der Waals surface area contributed by atoms with E-state index >= 15 is 0 Å². The van der Waals surface area contributed by atoms with Crippen LogP contribution in [0, 0.1) is 0 Å². The zero-order valence-electron chi connectivity index (χ0n) is 27.7. The topological polar surface area (TPSA) is 51.8 Å². The van der Waals surface area contributed by atoms with Crippen LogP contribution in [-0.4, -0.2) is 15.0 Å². The molecule has 0 radical (unpaired) electrons. The second kappa shape index (κ2) is 11.4. The largest absolute Gasteiger partial charge is 0.455 e. The molecule has 242 valence electrons. The van der Waals surface area contributed by atoms with Gasteiger partial charge in [0, 0.05) is 42.1 Å². The average Bonchev–Trinajstić information content (AvgIpc) is 3.78. The van der Waals surface area contributed by atoms with E-state index in [1.54, 1.807) is 0 Å². The molecule has 0 saturated carbocycles. The molecule has 0 amide bonds. The van der Waals surface area contributed by atoms with Crippen molar-refractivity contribution in [2.75, 3.05) is 0 Å². The van der Waals surface area contributed by atoms with E-state index in [2.05, 4.69) is 103 Å². The Labute approximate surface area is 302 Å². The summed E-state index contributed by atoms with van der Waals surface area (Å²) in [6, 6.07) is 57.4. The van der Waals surface area contributed by atoms with Gasteiger partial charge in [-0.15, -0.1) is 11.3 Å². The molecular formula is C47H27N3OS. The quantitative estimate of drug-likeness (QED) is 0.185. The van der Waals surface area contributed by atoms with E-state index in [-0.39, 0.29) is 0 Å². The minimum absolute atomic E-state index is 0.573.